The topological polar surface area (TPSA) is 85.8 Å². The molecule has 3 atom stereocenters. The average molecular weight is 385 g/mol. The zero-order valence-electron chi connectivity index (χ0n) is 17.4. The first-order chi connectivity index (χ1) is 12.5. The molecule has 3 rings (SSSR count). The van der Waals surface area contributed by atoms with Crippen LogP contribution in [0.2, 0.25) is 0 Å². The van der Waals surface area contributed by atoms with Crippen molar-refractivity contribution >= 4 is 6.09 Å². The van der Waals surface area contributed by atoms with Gasteiger partial charge in [-0.25, -0.2) is 4.79 Å². The molecule has 3 fully saturated rings. The van der Waals surface area contributed by atoms with Gasteiger partial charge in [-0.1, -0.05) is 25.7 Å². The van der Waals surface area contributed by atoms with E-state index in [4.69, 9.17) is 9.47 Å². The van der Waals surface area contributed by atoms with Gasteiger partial charge in [0.15, 0.2) is 6.29 Å². The van der Waals surface area contributed by atoms with Crippen LogP contribution >= 0.6 is 0 Å². The molecule has 1 amide bonds. The quantitative estimate of drug-likeness (QED) is 0.711. The Bertz CT molecular complexity index is 551. The highest BCUT2D eigenvalue weighted by atomic mass is 16.7. The molecule has 0 aromatic heterocycles. The molecule has 7 heteroatoms. The summed E-state index contributed by atoms with van der Waals surface area (Å²) >= 11 is 0. The number of amides is 1. The van der Waals surface area contributed by atoms with Crippen LogP contribution in [-0.2, 0) is 9.47 Å². The Balaban J connectivity index is 1.91. The molecule has 156 valence electrons. The van der Waals surface area contributed by atoms with E-state index >= 15 is 0 Å². The largest absolute Gasteiger partial charge is 0.444 e. The zero-order valence-corrected chi connectivity index (χ0v) is 17.4. The van der Waals surface area contributed by atoms with Crippen LogP contribution in [0.5, 0.6) is 0 Å². The summed E-state index contributed by atoms with van der Waals surface area (Å²) in [5.41, 5.74) is -1.70. The highest BCUT2D eigenvalue weighted by molar-refractivity contribution is 5.69. The van der Waals surface area contributed by atoms with Crippen molar-refractivity contribution in [2.24, 2.45) is 0 Å². The summed E-state index contributed by atoms with van der Waals surface area (Å²) in [6.07, 6.45) is 4.08. The van der Waals surface area contributed by atoms with Crippen molar-refractivity contribution in [1.82, 2.24) is 9.80 Å². The van der Waals surface area contributed by atoms with Crippen LogP contribution in [-0.4, -0.2) is 74.5 Å². The Morgan fingerprint density at radius 2 is 1.70 bits per heavy atom. The minimum absolute atomic E-state index is 0.261. The number of piperazine rings is 1. The van der Waals surface area contributed by atoms with E-state index < -0.39 is 23.7 Å². The van der Waals surface area contributed by atoms with E-state index in [1.54, 1.807) is 4.90 Å². The van der Waals surface area contributed by atoms with Crippen LogP contribution in [0.25, 0.3) is 0 Å². The average Bonchev–Trinajstić information content (AvgIpc) is 3.28. The molecule has 1 aliphatic carbocycles. The van der Waals surface area contributed by atoms with Crippen LogP contribution < -0.4 is 0 Å². The van der Waals surface area contributed by atoms with Gasteiger partial charge in [-0.15, -0.1) is 0 Å². The number of ether oxygens (including phenoxy) is 2. The third kappa shape index (κ3) is 4.26. The Morgan fingerprint density at radius 1 is 1.15 bits per heavy atom. The third-order valence-electron chi connectivity index (χ3n) is 6.26. The van der Waals surface area contributed by atoms with Crippen molar-refractivity contribution in [2.45, 2.75) is 108 Å². The first-order valence-corrected chi connectivity index (χ1v) is 10.3. The molecule has 2 saturated heterocycles. The molecule has 3 aliphatic rings. The smallest absolute Gasteiger partial charge is 0.410 e. The summed E-state index contributed by atoms with van der Waals surface area (Å²) in [6, 6.07) is 0. The van der Waals surface area contributed by atoms with Gasteiger partial charge >= 0.3 is 6.09 Å². The number of nitrogens with zero attached hydrogens (tertiary/aromatic N) is 2. The molecule has 3 unspecified atom stereocenters. The molecule has 2 N–H and O–H groups in total. The lowest BCUT2D eigenvalue weighted by atomic mass is 9.80. The number of aliphatic hydroxyl groups excluding tert-OH is 2. The van der Waals surface area contributed by atoms with Gasteiger partial charge in [-0.2, -0.15) is 0 Å². The van der Waals surface area contributed by atoms with E-state index in [0.717, 1.165) is 25.7 Å². The molecule has 7 nitrogen and oxygen atoms in total. The molecule has 0 aromatic carbocycles. The first kappa shape index (κ1) is 20.8. The fraction of sp³-hybridized carbons (Fsp3) is 0.950. The normalized spacial score (nSPS) is 33.6. The molecule has 0 radical (unpaired) electrons. The maximum atomic E-state index is 13.0. The van der Waals surface area contributed by atoms with E-state index in [1.165, 1.54) is 12.8 Å². The Morgan fingerprint density at radius 3 is 2.19 bits per heavy atom. The van der Waals surface area contributed by atoms with Gasteiger partial charge in [0, 0.05) is 18.6 Å². The SMILES string of the molecule is CC(C)(C)OC(=O)N1CC2(CCCCCC2)N(CC2OC2O)C(O)C1(C)C. The number of hydrogen-bond acceptors (Lipinski definition) is 6. The van der Waals surface area contributed by atoms with Crippen LogP contribution in [0.15, 0.2) is 0 Å². The number of aliphatic hydroxyl groups is 2. The molecule has 27 heavy (non-hydrogen) atoms. The lowest BCUT2D eigenvalue weighted by Crippen LogP contribution is -2.75. The van der Waals surface area contributed by atoms with Gasteiger partial charge in [0.2, 0.25) is 0 Å². The van der Waals surface area contributed by atoms with Gasteiger partial charge in [0.1, 0.15) is 17.9 Å². The summed E-state index contributed by atoms with van der Waals surface area (Å²) in [5, 5.41) is 21.0. The number of carbonyl (C=O) groups is 1. The van der Waals surface area contributed by atoms with Crippen molar-refractivity contribution in [2.75, 3.05) is 13.1 Å². The third-order valence-corrected chi connectivity index (χ3v) is 6.26. The maximum absolute atomic E-state index is 13.0. The predicted octanol–water partition coefficient (Wildman–Crippen LogP) is 2.45. The summed E-state index contributed by atoms with van der Waals surface area (Å²) in [6.45, 7) is 10.3. The molecular formula is C20H36N2O5. The molecule has 2 heterocycles. The molecule has 2 aliphatic heterocycles. The molecule has 1 spiro atoms. The minimum atomic E-state index is -0.853. The minimum Gasteiger partial charge on any atom is -0.444 e. The number of hydrogen-bond donors (Lipinski definition) is 2. The highest BCUT2D eigenvalue weighted by Crippen LogP contribution is 2.44. The summed E-state index contributed by atoms with van der Waals surface area (Å²) in [7, 11) is 0. The van der Waals surface area contributed by atoms with E-state index in [9.17, 15) is 15.0 Å². The first-order valence-electron chi connectivity index (χ1n) is 10.3. The summed E-state index contributed by atoms with van der Waals surface area (Å²) < 4.78 is 10.9. The van der Waals surface area contributed by atoms with Crippen molar-refractivity contribution in [3.63, 3.8) is 0 Å². The lowest BCUT2D eigenvalue weighted by molar-refractivity contribution is -0.193. The van der Waals surface area contributed by atoms with Gasteiger partial charge in [0.25, 0.3) is 0 Å². The Labute approximate surface area is 162 Å². The predicted molar refractivity (Wildman–Crippen MR) is 101 cm³/mol. The van der Waals surface area contributed by atoms with Crippen LogP contribution in [0.3, 0.4) is 0 Å². The highest BCUT2D eigenvalue weighted by Gasteiger charge is 2.57. The second-order valence-electron chi connectivity index (χ2n) is 9.95. The van der Waals surface area contributed by atoms with Crippen LogP contribution in [0.1, 0.15) is 73.1 Å². The van der Waals surface area contributed by atoms with E-state index in [1.807, 2.05) is 34.6 Å². The van der Waals surface area contributed by atoms with Gasteiger partial charge in [0.05, 0.1) is 5.54 Å². The number of epoxide rings is 1. The fourth-order valence-corrected chi connectivity index (χ4v) is 4.57. The van der Waals surface area contributed by atoms with E-state index in [-0.39, 0.29) is 17.7 Å². The lowest BCUT2D eigenvalue weighted by Gasteiger charge is -2.59. The van der Waals surface area contributed by atoms with Gasteiger partial charge in [-0.05, 0) is 47.5 Å². The molecule has 0 bridgehead atoms. The monoisotopic (exact) mass is 384 g/mol. The zero-order chi connectivity index (χ0) is 20.0. The Hall–Kier alpha value is -0.890. The number of rotatable bonds is 2. The summed E-state index contributed by atoms with van der Waals surface area (Å²) in [5.74, 6) is 0. The van der Waals surface area contributed by atoms with Crippen molar-refractivity contribution < 1.29 is 24.5 Å². The van der Waals surface area contributed by atoms with Gasteiger partial charge < -0.3 is 19.7 Å². The van der Waals surface area contributed by atoms with Crippen molar-refractivity contribution in [3.8, 4) is 0 Å². The second-order valence-corrected chi connectivity index (χ2v) is 9.95. The van der Waals surface area contributed by atoms with Crippen molar-refractivity contribution in [1.29, 1.82) is 0 Å². The van der Waals surface area contributed by atoms with Crippen LogP contribution in [0.4, 0.5) is 4.79 Å². The Kier molecular flexibility index (Phi) is 5.53. The second kappa shape index (κ2) is 7.17. The number of carbonyl (C=O) groups excluding carboxylic acids is 1. The van der Waals surface area contributed by atoms with E-state index in [0.29, 0.717) is 13.1 Å². The summed E-state index contributed by atoms with van der Waals surface area (Å²) in [4.78, 5) is 16.8. The molecular weight excluding hydrogens is 348 g/mol. The maximum Gasteiger partial charge on any atom is 0.410 e. The molecule has 0 aromatic rings. The standard InChI is InChI=1S/C20H36N2O5/c1-18(2,3)27-17(25)22-13-20(10-8-6-7-9-11-20)21(12-14-15(23)26-14)16(24)19(22,4)5/h14-16,23-24H,6-13H2,1-5H3. The van der Waals surface area contributed by atoms with Crippen LogP contribution in [0, 0.1) is 0 Å². The van der Waals surface area contributed by atoms with E-state index in [2.05, 4.69) is 4.90 Å². The van der Waals surface area contributed by atoms with Crippen molar-refractivity contribution in [3.05, 3.63) is 0 Å². The van der Waals surface area contributed by atoms with Gasteiger partial charge in [-0.3, -0.25) is 9.80 Å². The fourth-order valence-electron chi connectivity index (χ4n) is 4.57. The molecule has 1 saturated carbocycles.